The van der Waals surface area contributed by atoms with E-state index < -0.39 is 11.5 Å². The number of likely N-dealkylation sites (N-methyl/N-ethyl adjacent to an activating group) is 1. The van der Waals surface area contributed by atoms with Crippen LogP contribution in [0.25, 0.3) is 0 Å². The van der Waals surface area contributed by atoms with Gasteiger partial charge in [0.05, 0.1) is 13.2 Å². The summed E-state index contributed by atoms with van der Waals surface area (Å²) in [6.45, 7) is 4.59. The van der Waals surface area contributed by atoms with E-state index in [4.69, 9.17) is 9.47 Å². The van der Waals surface area contributed by atoms with Gasteiger partial charge in [0.25, 0.3) is 0 Å². The molecule has 0 aromatic heterocycles. The van der Waals surface area contributed by atoms with Crippen LogP contribution in [0.5, 0.6) is 0 Å². The first-order valence-corrected chi connectivity index (χ1v) is 5.62. The number of carbonyl (C=O) groups is 1. The molecule has 0 fully saturated rings. The van der Waals surface area contributed by atoms with Crippen LogP contribution in [0.3, 0.4) is 0 Å². The first-order chi connectivity index (χ1) is 8.00. The molecule has 1 unspecified atom stereocenters. The zero-order valence-corrected chi connectivity index (χ0v) is 11.2. The Kier molecular flexibility index (Phi) is 8.07. The molecule has 102 valence electrons. The van der Waals surface area contributed by atoms with Gasteiger partial charge in [-0.25, -0.2) is 0 Å². The van der Waals surface area contributed by atoms with Crippen LogP contribution in [0.4, 0.5) is 0 Å². The van der Waals surface area contributed by atoms with Gasteiger partial charge in [-0.1, -0.05) is 0 Å². The SMILES string of the molecule is CNC(C)(CN(CCOC)CCOC)C(=O)O. The Morgan fingerprint density at radius 2 is 1.76 bits per heavy atom. The average Bonchev–Trinajstić information content (AvgIpc) is 2.32. The van der Waals surface area contributed by atoms with E-state index in [0.717, 1.165) is 0 Å². The molecule has 0 bridgehead atoms. The van der Waals surface area contributed by atoms with Crippen LogP contribution in [0, 0.1) is 0 Å². The Balaban J connectivity index is 4.41. The smallest absolute Gasteiger partial charge is 0.324 e. The van der Waals surface area contributed by atoms with Gasteiger partial charge in [0.15, 0.2) is 0 Å². The monoisotopic (exact) mass is 248 g/mol. The van der Waals surface area contributed by atoms with Crippen molar-refractivity contribution < 1.29 is 19.4 Å². The maximum Gasteiger partial charge on any atom is 0.324 e. The lowest BCUT2D eigenvalue weighted by Gasteiger charge is -2.31. The lowest BCUT2D eigenvalue weighted by Crippen LogP contribution is -2.56. The molecular formula is C11H24N2O4. The van der Waals surface area contributed by atoms with Crippen LogP contribution in [0.1, 0.15) is 6.92 Å². The van der Waals surface area contributed by atoms with E-state index in [1.807, 2.05) is 4.90 Å². The number of methoxy groups -OCH3 is 2. The Labute approximate surface area is 103 Å². The second-order valence-corrected chi connectivity index (χ2v) is 4.15. The third kappa shape index (κ3) is 5.97. The molecule has 6 heteroatoms. The molecule has 17 heavy (non-hydrogen) atoms. The van der Waals surface area contributed by atoms with Crippen LogP contribution in [0.15, 0.2) is 0 Å². The molecule has 0 aliphatic heterocycles. The molecule has 0 saturated carbocycles. The van der Waals surface area contributed by atoms with Gasteiger partial charge in [0.2, 0.25) is 0 Å². The number of carboxylic acid groups (broad SMARTS) is 1. The predicted molar refractivity (Wildman–Crippen MR) is 65.3 cm³/mol. The molecule has 0 aromatic carbocycles. The predicted octanol–water partition coefficient (Wildman–Crippen LogP) is -0.356. The summed E-state index contributed by atoms with van der Waals surface area (Å²) in [6.07, 6.45) is 0. The zero-order chi connectivity index (χ0) is 13.3. The molecule has 0 aliphatic rings. The molecule has 0 aliphatic carbocycles. The van der Waals surface area contributed by atoms with Gasteiger partial charge in [-0.05, 0) is 14.0 Å². The summed E-state index contributed by atoms with van der Waals surface area (Å²) in [5.41, 5.74) is -0.957. The summed E-state index contributed by atoms with van der Waals surface area (Å²) < 4.78 is 10.0. The van der Waals surface area contributed by atoms with Crippen molar-refractivity contribution in [2.45, 2.75) is 12.5 Å². The summed E-state index contributed by atoms with van der Waals surface area (Å²) >= 11 is 0. The quantitative estimate of drug-likeness (QED) is 0.550. The molecule has 0 saturated heterocycles. The largest absolute Gasteiger partial charge is 0.480 e. The topological polar surface area (TPSA) is 71.0 Å². The molecule has 1 atom stereocenters. The van der Waals surface area contributed by atoms with Crippen molar-refractivity contribution in [3.8, 4) is 0 Å². The number of nitrogens with zero attached hydrogens (tertiary/aromatic N) is 1. The number of nitrogens with one attached hydrogen (secondary N) is 1. The normalized spacial score (nSPS) is 14.9. The maximum absolute atomic E-state index is 11.2. The summed E-state index contributed by atoms with van der Waals surface area (Å²) in [4.78, 5) is 13.2. The third-order valence-electron chi connectivity index (χ3n) is 2.79. The fourth-order valence-corrected chi connectivity index (χ4v) is 1.41. The van der Waals surface area contributed by atoms with Crippen LogP contribution < -0.4 is 5.32 Å². The maximum atomic E-state index is 11.2. The Morgan fingerprint density at radius 3 is 2.06 bits per heavy atom. The number of rotatable bonds is 10. The highest BCUT2D eigenvalue weighted by Crippen LogP contribution is 2.06. The van der Waals surface area contributed by atoms with Crippen molar-refractivity contribution in [1.29, 1.82) is 0 Å². The zero-order valence-electron chi connectivity index (χ0n) is 11.2. The van der Waals surface area contributed by atoms with E-state index in [1.54, 1.807) is 28.2 Å². The van der Waals surface area contributed by atoms with Crippen LogP contribution in [0.2, 0.25) is 0 Å². The number of carboxylic acids is 1. The van der Waals surface area contributed by atoms with Gasteiger partial charge in [0, 0.05) is 33.9 Å². The van der Waals surface area contributed by atoms with E-state index in [0.29, 0.717) is 32.8 Å². The van der Waals surface area contributed by atoms with Crippen molar-refractivity contribution in [2.24, 2.45) is 0 Å². The van der Waals surface area contributed by atoms with Gasteiger partial charge in [0.1, 0.15) is 5.54 Å². The first-order valence-electron chi connectivity index (χ1n) is 5.62. The van der Waals surface area contributed by atoms with Crippen molar-refractivity contribution in [3.63, 3.8) is 0 Å². The van der Waals surface area contributed by atoms with Crippen LogP contribution in [-0.2, 0) is 14.3 Å². The van der Waals surface area contributed by atoms with E-state index in [9.17, 15) is 9.90 Å². The minimum Gasteiger partial charge on any atom is -0.480 e. The second-order valence-electron chi connectivity index (χ2n) is 4.15. The van der Waals surface area contributed by atoms with E-state index >= 15 is 0 Å². The fraction of sp³-hybridized carbons (Fsp3) is 0.909. The number of aliphatic carboxylic acids is 1. The molecule has 2 N–H and O–H groups in total. The number of hydrogen-bond acceptors (Lipinski definition) is 5. The van der Waals surface area contributed by atoms with Gasteiger partial charge in [-0.3, -0.25) is 9.69 Å². The lowest BCUT2D eigenvalue weighted by atomic mass is 10.0. The van der Waals surface area contributed by atoms with Gasteiger partial charge >= 0.3 is 5.97 Å². The van der Waals surface area contributed by atoms with Gasteiger partial charge in [-0.2, -0.15) is 0 Å². The average molecular weight is 248 g/mol. The lowest BCUT2D eigenvalue weighted by molar-refractivity contribution is -0.144. The van der Waals surface area contributed by atoms with Crippen LogP contribution >= 0.6 is 0 Å². The van der Waals surface area contributed by atoms with Crippen molar-refractivity contribution in [2.75, 3.05) is 54.1 Å². The summed E-state index contributed by atoms with van der Waals surface area (Å²) in [6, 6.07) is 0. The molecular weight excluding hydrogens is 224 g/mol. The molecule has 0 rings (SSSR count). The third-order valence-corrected chi connectivity index (χ3v) is 2.79. The summed E-state index contributed by atoms with van der Waals surface area (Å²) in [5, 5.41) is 12.0. The summed E-state index contributed by atoms with van der Waals surface area (Å²) in [5.74, 6) is -0.861. The standard InChI is InChI=1S/C11H24N2O4/c1-11(12-2,10(14)15)9-13(5-7-16-3)6-8-17-4/h12H,5-9H2,1-4H3,(H,14,15). The molecule has 0 spiro atoms. The number of ether oxygens (including phenoxy) is 2. The van der Waals surface area contributed by atoms with Gasteiger partial charge < -0.3 is 19.9 Å². The minimum atomic E-state index is -0.957. The van der Waals surface area contributed by atoms with E-state index in [-0.39, 0.29) is 0 Å². The highest BCUT2D eigenvalue weighted by atomic mass is 16.5. The van der Waals surface area contributed by atoms with Gasteiger partial charge in [-0.15, -0.1) is 0 Å². The molecule has 6 nitrogen and oxygen atoms in total. The highest BCUT2D eigenvalue weighted by molar-refractivity contribution is 5.78. The van der Waals surface area contributed by atoms with Crippen LogP contribution in [-0.4, -0.2) is 75.6 Å². The Hall–Kier alpha value is -0.690. The molecule has 0 aromatic rings. The minimum absolute atomic E-state index is 0.408. The van der Waals surface area contributed by atoms with Crippen molar-refractivity contribution in [1.82, 2.24) is 10.2 Å². The highest BCUT2D eigenvalue weighted by Gasteiger charge is 2.33. The summed E-state index contributed by atoms with van der Waals surface area (Å²) in [7, 11) is 4.91. The Morgan fingerprint density at radius 1 is 1.29 bits per heavy atom. The van der Waals surface area contributed by atoms with Crippen molar-refractivity contribution in [3.05, 3.63) is 0 Å². The Bertz CT molecular complexity index is 218. The van der Waals surface area contributed by atoms with Crippen molar-refractivity contribution >= 4 is 5.97 Å². The second kappa shape index (κ2) is 8.41. The van der Waals surface area contributed by atoms with E-state index in [2.05, 4.69) is 5.32 Å². The first kappa shape index (κ1) is 16.3. The molecule has 0 amide bonds. The number of hydrogen-bond donors (Lipinski definition) is 2. The fourth-order valence-electron chi connectivity index (χ4n) is 1.41. The molecule has 0 heterocycles. The molecule has 0 radical (unpaired) electrons. The van der Waals surface area contributed by atoms with E-state index in [1.165, 1.54) is 0 Å².